The molecule has 0 aliphatic heterocycles. The smallest absolute Gasteiger partial charge is 0.292 e. The molecule has 0 aliphatic rings. The Hall–Kier alpha value is -4.47. The molecule has 10 heteroatoms. The predicted octanol–water partition coefficient (Wildman–Crippen LogP) is 4.16. The average molecular weight is 473 g/mol. The highest BCUT2D eigenvalue weighted by Crippen LogP contribution is 2.29. The van der Waals surface area contributed by atoms with Gasteiger partial charge in [0.2, 0.25) is 0 Å². The molecule has 5 aromatic rings. The van der Waals surface area contributed by atoms with E-state index in [-0.39, 0.29) is 12.2 Å². The molecule has 0 atom stereocenters. The van der Waals surface area contributed by atoms with Crippen molar-refractivity contribution in [3.63, 3.8) is 0 Å². The van der Waals surface area contributed by atoms with Crippen LogP contribution in [-0.2, 0) is 13.0 Å². The minimum atomic E-state index is -0.786. The van der Waals surface area contributed by atoms with Gasteiger partial charge in [0, 0.05) is 35.4 Å². The van der Waals surface area contributed by atoms with Crippen LogP contribution >= 0.6 is 0 Å². The van der Waals surface area contributed by atoms with Crippen molar-refractivity contribution in [2.45, 2.75) is 26.3 Å². The van der Waals surface area contributed by atoms with Gasteiger partial charge in [0.1, 0.15) is 17.3 Å². The van der Waals surface area contributed by atoms with Crippen molar-refractivity contribution in [3.8, 4) is 28.2 Å². The minimum Gasteiger partial charge on any atom is -0.292 e. The Morgan fingerprint density at radius 2 is 1.77 bits per heavy atom. The van der Waals surface area contributed by atoms with Crippen LogP contribution in [0.2, 0.25) is 0 Å². The Morgan fingerprint density at radius 1 is 1.00 bits per heavy atom. The largest absolute Gasteiger partial charge is 0.333 e. The molecule has 3 aromatic heterocycles. The van der Waals surface area contributed by atoms with Crippen LogP contribution in [0.5, 0.6) is 0 Å². The summed E-state index contributed by atoms with van der Waals surface area (Å²) in [7, 11) is 0. The van der Waals surface area contributed by atoms with Crippen LogP contribution < -0.4 is 5.69 Å². The molecule has 0 radical (unpaired) electrons. The maximum Gasteiger partial charge on any atom is 0.333 e. The highest BCUT2D eigenvalue weighted by atomic mass is 19.1. The number of nitrogens with one attached hydrogen (secondary N) is 1. The van der Waals surface area contributed by atoms with Gasteiger partial charge in [-0.3, -0.25) is 14.1 Å². The SMILES string of the molecule is CCCc1cn(-c2c(F)cccc2F)c(=O)n1Cc1ccc(-c2cnccc2-c2nnn[nH]2)cc1. The second kappa shape index (κ2) is 9.41. The number of pyridine rings is 1. The summed E-state index contributed by atoms with van der Waals surface area (Å²) >= 11 is 0. The Labute approximate surface area is 198 Å². The lowest BCUT2D eigenvalue weighted by molar-refractivity contribution is 0.564. The molecule has 176 valence electrons. The van der Waals surface area contributed by atoms with Crippen LogP contribution in [0, 0.1) is 11.6 Å². The summed E-state index contributed by atoms with van der Waals surface area (Å²) in [4.78, 5) is 17.4. The molecule has 0 spiro atoms. The summed E-state index contributed by atoms with van der Waals surface area (Å²) < 4.78 is 31.4. The summed E-state index contributed by atoms with van der Waals surface area (Å²) in [6.07, 6.45) is 6.30. The van der Waals surface area contributed by atoms with Crippen molar-refractivity contribution in [3.05, 3.63) is 100 Å². The van der Waals surface area contributed by atoms with Gasteiger partial charge in [-0.15, -0.1) is 5.10 Å². The molecule has 0 amide bonds. The number of benzene rings is 2. The van der Waals surface area contributed by atoms with E-state index in [0.717, 1.165) is 45.4 Å². The molecule has 0 bridgehead atoms. The summed E-state index contributed by atoms with van der Waals surface area (Å²) in [6.45, 7) is 2.25. The fraction of sp³-hybridized carbons (Fsp3) is 0.160. The normalized spacial score (nSPS) is 11.2. The number of aromatic amines is 1. The molecule has 8 nitrogen and oxygen atoms in total. The summed E-state index contributed by atoms with van der Waals surface area (Å²) in [5, 5.41) is 14.0. The van der Waals surface area contributed by atoms with E-state index in [4.69, 9.17) is 0 Å². The van der Waals surface area contributed by atoms with Crippen LogP contribution in [0.4, 0.5) is 8.78 Å². The van der Waals surface area contributed by atoms with Crippen molar-refractivity contribution in [1.29, 1.82) is 0 Å². The highest BCUT2D eigenvalue weighted by Gasteiger charge is 2.18. The van der Waals surface area contributed by atoms with E-state index in [2.05, 4.69) is 25.6 Å². The Kier molecular flexibility index (Phi) is 6.01. The number of tetrazole rings is 1. The van der Waals surface area contributed by atoms with E-state index in [9.17, 15) is 13.6 Å². The molecule has 0 saturated carbocycles. The van der Waals surface area contributed by atoms with Crippen LogP contribution in [0.1, 0.15) is 24.6 Å². The zero-order chi connectivity index (χ0) is 24.4. The number of para-hydroxylation sites is 1. The number of aromatic nitrogens is 7. The first-order valence-corrected chi connectivity index (χ1v) is 11.1. The maximum absolute atomic E-state index is 14.4. The topological polar surface area (TPSA) is 94.3 Å². The van der Waals surface area contributed by atoms with E-state index in [1.807, 2.05) is 37.3 Å². The predicted molar refractivity (Wildman–Crippen MR) is 126 cm³/mol. The lowest BCUT2D eigenvalue weighted by Gasteiger charge is -2.10. The monoisotopic (exact) mass is 473 g/mol. The molecule has 2 aromatic carbocycles. The summed E-state index contributed by atoms with van der Waals surface area (Å²) in [5.41, 5.74) is 3.28. The van der Waals surface area contributed by atoms with Crippen LogP contribution in [0.15, 0.2) is 71.9 Å². The van der Waals surface area contributed by atoms with E-state index < -0.39 is 17.3 Å². The highest BCUT2D eigenvalue weighted by molar-refractivity contribution is 5.79. The molecular weight excluding hydrogens is 452 g/mol. The molecule has 3 heterocycles. The van der Waals surface area contributed by atoms with Gasteiger partial charge in [0.25, 0.3) is 0 Å². The van der Waals surface area contributed by atoms with Gasteiger partial charge < -0.3 is 0 Å². The number of imidazole rings is 1. The van der Waals surface area contributed by atoms with E-state index in [1.54, 1.807) is 17.0 Å². The van der Waals surface area contributed by atoms with Gasteiger partial charge in [-0.2, -0.15) is 0 Å². The molecule has 0 saturated heterocycles. The number of H-pyrrole nitrogens is 1. The van der Waals surface area contributed by atoms with Gasteiger partial charge >= 0.3 is 5.69 Å². The Bertz CT molecular complexity index is 1500. The van der Waals surface area contributed by atoms with Crippen molar-refractivity contribution in [2.75, 3.05) is 0 Å². The van der Waals surface area contributed by atoms with Crippen molar-refractivity contribution < 1.29 is 8.78 Å². The first-order valence-electron chi connectivity index (χ1n) is 11.1. The zero-order valence-electron chi connectivity index (χ0n) is 18.8. The average Bonchev–Trinajstić information content (AvgIpc) is 3.50. The van der Waals surface area contributed by atoms with E-state index in [1.165, 1.54) is 12.3 Å². The lowest BCUT2D eigenvalue weighted by Crippen LogP contribution is -2.25. The number of halogens is 2. The van der Waals surface area contributed by atoms with Crippen LogP contribution in [0.3, 0.4) is 0 Å². The fourth-order valence-electron chi connectivity index (χ4n) is 4.11. The molecule has 0 fully saturated rings. The standard InChI is InChI=1S/C25H21F2N7O/c1-2-4-18-15-34(23-21(26)5-3-6-22(23)27)25(35)33(18)14-16-7-9-17(10-8-16)20-13-28-12-11-19(20)24-29-31-32-30-24/h3,5-13,15H,2,4,14H2,1H3,(H,29,30,31,32). The fourth-order valence-corrected chi connectivity index (χ4v) is 4.11. The molecule has 35 heavy (non-hydrogen) atoms. The third-order valence-electron chi connectivity index (χ3n) is 5.77. The number of nitrogens with zero attached hydrogens (tertiary/aromatic N) is 6. The minimum absolute atomic E-state index is 0.267. The Morgan fingerprint density at radius 3 is 2.46 bits per heavy atom. The first-order chi connectivity index (χ1) is 17.1. The zero-order valence-corrected chi connectivity index (χ0v) is 18.8. The molecule has 5 rings (SSSR count). The van der Waals surface area contributed by atoms with Gasteiger partial charge in [-0.05, 0) is 46.2 Å². The first kappa shape index (κ1) is 22.3. The number of hydrogen-bond acceptors (Lipinski definition) is 5. The molecule has 0 aliphatic carbocycles. The van der Waals surface area contributed by atoms with Crippen molar-refractivity contribution in [1.82, 2.24) is 34.7 Å². The van der Waals surface area contributed by atoms with Gasteiger partial charge in [-0.1, -0.05) is 43.7 Å². The van der Waals surface area contributed by atoms with Crippen LogP contribution in [-0.4, -0.2) is 34.7 Å². The molecule has 0 unspecified atom stereocenters. The van der Waals surface area contributed by atoms with Crippen molar-refractivity contribution >= 4 is 0 Å². The van der Waals surface area contributed by atoms with Crippen molar-refractivity contribution in [2.24, 2.45) is 0 Å². The van der Waals surface area contributed by atoms with E-state index >= 15 is 0 Å². The number of hydrogen-bond donors (Lipinski definition) is 1. The molecular formula is C25H21F2N7O. The lowest BCUT2D eigenvalue weighted by atomic mass is 10.0. The third kappa shape index (κ3) is 4.25. The number of rotatable bonds is 7. The maximum atomic E-state index is 14.4. The second-order valence-corrected chi connectivity index (χ2v) is 8.05. The Balaban J connectivity index is 1.49. The molecule has 1 N–H and O–H groups in total. The second-order valence-electron chi connectivity index (χ2n) is 8.05. The quantitative estimate of drug-likeness (QED) is 0.383. The van der Waals surface area contributed by atoms with Crippen LogP contribution in [0.25, 0.3) is 28.2 Å². The van der Waals surface area contributed by atoms with E-state index in [0.29, 0.717) is 17.9 Å². The van der Waals surface area contributed by atoms with Gasteiger partial charge in [-0.25, -0.2) is 18.7 Å². The van der Waals surface area contributed by atoms with Gasteiger partial charge in [0.05, 0.1) is 6.54 Å². The third-order valence-corrected chi connectivity index (χ3v) is 5.77. The van der Waals surface area contributed by atoms with Gasteiger partial charge in [0.15, 0.2) is 5.82 Å². The number of aryl methyl sites for hydroxylation is 1. The summed E-state index contributed by atoms with van der Waals surface area (Å²) in [5.74, 6) is -1.04. The summed E-state index contributed by atoms with van der Waals surface area (Å²) in [6, 6.07) is 13.1.